The van der Waals surface area contributed by atoms with Crippen LogP contribution in [0.1, 0.15) is 53.9 Å². The number of piperidine rings is 1. The average molecular weight is 468 g/mol. The topological polar surface area (TPSA) is 48.9 Å². The number of ether oxygens (including phenoxy) is 1. The van der Waals surface area contributed by atoms with E-state index in [0.717, 1.165) is 25.0 Å². The lowest BCUT2D eigenvalue weighted by atomic mass is 9.89. The van der Waals surface area contributed by atoms with Crippen LogP contribution in [0.5, 0.6) is 0 Å². The Kier molecular flexibility index (Phi) is 13.1. The van der Waals surface area contributed by atoms with Gasteiger partial charge < -0.3 is 20.3 Å². The number of nitrogens with zero attached hydrogens (tertiary/aromatic N) is 2. The number of hydrogen-bond acceptors (Lipinski definition) is 3. The number of guanidine groups is 1. The number of methoxy groups -OCH3 is 1. The molecule has 6 heteroatoms. The number of rotatable bonds is 8. The Hall–Kier alpha value is -0.0800. The molecule has 1 unspecified atom stereocenters. The monoisotopic (exact) mass is 468 g/mol. The van der Waals surface area contributed by atoms with Gasteiger partial charge in [0, 0.05) is 20.2 Å². The summed E-state index contributed by atoms with van der Waals surface area (Å²) in [5, 5.41) is 6.84. The summed E-state index contributed by atoms with van der Waals surface area (Å²) in [5.74, 6) is 1.76. The second-order valence-electron chi connectivity index (χ2n) is 7.90. The first-order valence-electron chi connectivity index (χ1n) is 9.68. The van der Waals surface area contributed by atoms with E-state index in [9.17, 15) is 0 Å². The van der Waals surface area contributed by atoms with Crippen molar-refractivity contribution in [2.75, 3.05) is 46.4 Å². The van der Waals surface area contributed by atoms with Gasteiger partial charge in [0.1, 0.15) is 0 Å². The molecule has 1 heterocycles. The molecule has 25 heavy (non-hydrogen) atoms. The minimum absolute atomic E-state index is 0. The lowest BCUT2D eigenvalue weighted by Gasteiger charge is -2.31. The SMILES string of the molecule is CCNC(=NCC(OC)C(C)(C)C)NCCC1CCN(CC)CC1.I. The molecule has 150 valence electrons. The number of nitrogens with one attached hydrogen (secondary N) is 2. The molecular weight excluding hydrogens is 427 g/mol. The third-order valence-electron chi connectivity index (χ3n) is 5.01. The highest BCUT2D eigenvalue weighted by Gasteiger charge is 2.24. The summed E-state index contributed by atoms with van der Waals surface area (Å²) in [7, 11) is 1.77. The minimum atomic E-state index is 0. The van der Waals surface area contributed by atoms with Crippen LogP contribution >= 0.6 is 24.0 Å². The molecule has 1 rings (SSSR count). The van der Waals surface area contributed by atoms with Gasteiger partial charge in [0.2, 0.25) is 0 Å². The van der Waals surface area contributed by atoms with Gasteiger partial charge in [-0.05, 0) is 57.2 Å². The van der Waals surface area contributed by atoms with Crippen LogP contribution in [0.25, 0.3) is 0 Å². The van der Waals surface area contributed by atoms with E-state index in [1.165, 1.54) is 38.9 Å². The third-order valence-corrected chi connectivity index (χ3v) is 5.01. The molecule has 5 nitrogen and oxygen atoms in total. The molecule has 0 aliphatic carbocycles. The van der Waals surface area contributed by atoms with Crippen molar-refractivity contribution in [1.29, 1.82) is 0 Å². The molecule has 0 aromatic heterocycles. The van der Waals surface area contributed by atoms with E-state index in [1.807, 2.05) is 0 Å². The van der Waals surface area contributed by atoms with Crippen LogP contribution in [0.3, 0.4) is 0 Å². The van der Waals surface area contributed by atoms with Gasteiger partial charge in [-0.25, -0.2) is 0 Å². The van der Waals surface area contributed by atoms with Crippen molar-refractivity contribution in [2.24, 2.45) is 16.3 Å². The largest absolute Gasteiger partial charge is 0.379 e. The zero-order valence-electron chi connectivity index (χ0n) is 17.2. The molecule has 2 N–H and O–H groups in total. The van der Waals surface area contributed by atoms with Crippen molar-refractivity contribution in [1.82, 2.24) is 15.5 Å². The van der Waals surface area contributed by atoms with Gasteiger partial charge in [-0.15, -0.1) is 24.0 Å². The molecule has 1 saturated heterocycles. The number of hydrogen-bond donors (Lipinski definition) is 2. The fraction of sp³-hybridized carbons (Fsp3) is 0.947. The van der Waals surface area contributed by atoms with Gasteiger partial charge in [0.25, 0.3) is 0 Å². The molecule has 0 amide bonds. The molecule has 0 aromatic rings. The molecule has 0 aromatic carbocycles. The normalized spacial score (nSPS) is 18.6. The van der Waals surface area contributed by atoms with Crippen molar-refractivity contribution < 1.29 is 4.74 Å². The van der Waals surface area contributed by atoms with Crippen LogP contribution in [0.2, 0.25) is 0 Å². The van der Waals surface area contributed by atoms with E-state index in [1.54, 1.807) is 7.11 Å². The van der Waals surface area contributed by atoms with E-state index < -0.39 is 0 Å². The number of likely N-dealkylation sites (tertiary alicyclic amines) is 1. The van der Waals surface area contributed by atoms with Gasteiger partial charge in [-0.1, -0.05) is 27.7 Å². The number of halogens is 1. The first-order chi connectivity index (χ1) is 11.4. The maximum Gasteiger partial charge on any atom is 0.191 e. The number of aliphatic imine (C=N–C) groups is 1. The van der Waals surface area contributed by atoms with Gasteiger partial charge in [0.05, 0.1) is 12.6 Å². The predicted molar refractivity (Wildman–Crippen MR) is 119 cm³/mol. The van der Waals surface area contributed by atoms with E-state index in [2.05, 4.69) is 50.2 Å². The summed E-state index contributed by atoms with van der Waals surface area (Å²) in [4.78, 5) is 7.27. The van der Waals surface area contributed by atoms with Crippen LogP contribution in [0, 0.1) is 11.3 Å². The summed E-state index contributed by atoms with van der Waals surface area (Å²) >= 11 is 0. The standard InChI is InChI=1S/C19H40N4O.HI/c1-7-20-18(22-15-17(24-6)19(3,4)5)21-12-9-16-10-13-23(8-2)14-11-16;/h16-17H,7-15H2,1-6H3,(H2,20,21,22);1H. The molecule has 1 fully saturated rings. The van der Waals surface area contributed by atoms with Gasteiger partial charge in [0.15, 0.2) is 5.96 Å². The highest BCUT2D eigenvalue weighted by Crippen LogP contribution is 2.22. The first-order valence-corrected chi connectivity index (χ1v) is 9.68. The highest BCUT2D eigenvalue weighted by atomic mass is 127. The Morgan fingerprint density at radius 2 is 1.84 bits per heavy atom. The quantitative estimate of drug-likeness (QED) is 0.326. The van der Waals surface area contributed by atoms with Crippen molar-refractivity contribution in [2.45, 2.75) is 60.0 Å². The van der Waals surface area contributed by atoms with E-state index >= 15 is 0 Å². The van der Waals surface area contributed by atoms with E-state index in [0.29, 0.717) is 6.54 Å². The summed E-state index contributed by atoms with van der Waals surface area (Å²) in [5.41, 5.74) is 0.100. The van der Waals surface area contributed by atoms with Crippen LogP contribution in [-0.2, 0) is 4.74 Å². The Labute approximate surface area is 172 Å². The zero-order valence-corrected chi connectivity index (χ0v) is 19.6. The lowest BCUT2D eigenvalue weighted by molar-refractivity contribution is 0.0241. The van der Waals surface area contributed by atoms with Gasteiger partial charge >= 0.3 is 0 Å². The molecule has 1 aliphatic heterocycles. The molecule has 0 radical (unpaired) electrons. The minimum Gasteiger partial charge on any atom is -0.379 e. The zero-order chi connectivity index (χ0) is 18.0. The molecule has 1 aliphatic rings. The summed E-state index contributed by atoms with van der Waals surface area (Å²) < 4.78 is 5.60. The summed E-state index contributed by atoms with van der Waals surface area (Å²) in [6, 6.07) is 0. The lowest BCUT2D eigenvalue weighted by Crippen LogP contribution is -2.40. The molecule has 1 atom stereocenters. The maximum absolute atomic E-state index is 5.60. The average Bonchev–Trinajstić information content (AvgIpc) is 2.54. The fourth-order valence-corrected chi connectivity index (χ4v) is 3.20. The summed E-state index contributed by atoms with van der Waals surface area (Å²) in [6.45, 7) is 17.2. The van der Waals surface area contributed by atoms with Crippen molar-refractivity contribution in [3.05, 3.63) is 0 Å². The fourth-order valence-electron chi connectivity index (χ4n) is 3.20. The van der Waals surface area contributed by atoms with Crippen LogP contribution in [-0.4, -0.2) is 63.3 Å². The van der Waals surface area contributed by atoms with Gasteiger partial charge in [-0.2, -0.15) is 0 Å². The second-order valence-corrected chi connectivity index (χ2v) is 7.90. The van der Waals surface area contributed by atoms with E-state index in [4.69, 9.17) is 9.73 Å². The molecule has 0 bridgehead atoms. The first kappa shape index (κ1) is 24.9. The molecular formula is C19H41IN4O. The third kappa shape index (κ3) is 9.99. The van der Waals surface area contributed by atoms with Crippen LogP contribution in [0.15, 0.2) is 4.99 Å². The Morgan fingerprint density at radius 1 is 1.20 bits per heavy atom. The summed E-state index contributed by atoms with van der Waals surface area (Å²) in [6.07, 6.45) is 4.03. The Morgan fingerprint density at radius 3 is 2.32 bits per heavy atom. The Bertz CT molecular complexity index is 363. The second kappa shape index (κ2) is 13.1. The highest BCUT2D eigenvalue weighted by molar-refractivity contribution is 14.0. The maximum atomic E-state index is 5.60. The van der Waals surface area contributed by atoms with Crippen molar-refractivity contribution in [3.8, 4) is 0 Å². The van der Waals surface area contributed by atoms with Crippen LogP contribution in [0.4, 0.5) is 0 Å². The van der Waals surface area contributed by atoms with Crippen LogP contribution < -0.4 is 10.6 Å². The van der Waals surface area contributed by atoms with Gasteiger partial charge in [-0.3, -0.25) is 4.99 Å². The molecule has 0 spiro atoms. The smallest absolute Gasteiger partial charge is 0.191 e. The Balaban J connectivity index is 0.00000576. The van der Waals surface area contributed by atoms with E-state index in [-0.39, 0.29) is 35.5 Å². The predicted octanol–water partition coefficient (Wildman–Crippen LogP) is 3.34. The molecule has 0 saturated carbocycles. The van der Waals surface area contributed by atoms with Crippen molar-refractivity contribution >= 4 is 29.9 Å². The van der Waals surface area contributed by atoms with Crippen molar-refractivity contribution in [3.63, 3.8) is 0 Å².